The fourth-order valence-corrected chi connectivity index (χ4v) is 3.73. The lowest BCUT2D eigenvalue weighted by Gasteiger charge is -2.32. The molecule has 1 atom stereocenters. The highest BCUT2D eigenvalue weighted by Crippen LogP contribution is 2.37. The monoisotopic (exact) mass is 389 g/mol. The van der Waals surface area contributed by atoms with Crippen LogP contribution >= 0.6 is 0 Å². The van der Waals surface area contributed by atoms with Crippen molar-refractivity contribution >= 4 is 5.69 Å². The molecule has 1 fully saturated rings. The maximum absolute atomic E-state index is 13.4. The quantitative estimate of drug-likeness (QED) is 0.848. The third-order valence-electron chi connectivity index (χ3n) is 5.04. The van der Waals surface area contributed by atoms with Crippen LogP contribution in [0.15, 0.2) is 48.5 Å². The van der Waals surface area contributed by atoms with Crippen LogP contribution in [0.3, 0.4) is 0 Å². The van der Waals surface area contributed by atoms with E-state index in [4.69, 9.17) is 5.26 Å². The molecule has 1 heterocycles. The molecule has 1 N–H and O–H groups in total. The van der Waals surface area contributed by atoms with Crippen molar-refractivity contribution in [3.63, 3.8) is 0 Å². The molecule has 1 aliphatic heterocycles. The van der Waals surface area contributed by atoms with Gasteiger partial charge in [-0.05, 0) is 30.2 Å². The minimum atomic E-state index is -4.53. The lowest BCUT2D eigenvalue weighted by atomic mass is 10.0. The van der Waals surface area contributed by atoms with Gasteiger partial charge < -0.3 is 10.0 Å². The number of rotatable bonds is 5. The third kappa shape index (κ3) is 4.64. The first-order valence-electron chi connectivity index (χ1n) is 9.01. The van der Waals surface area contributed by atoms with Crippen LogP contribution in [0.4, 0.5) is 18.9 Å². The van der Waals surface area contributed by atoms with Gasteiger partial charge in [-0.3, -0.25) is 4.90 Å². The normalized spacial score (nSPS) is 20.1. The third-order valence-corrected chi connectivity index (χ3v) is 5.04. The minimum Gasteiger partial charge on any atom is -0.387 e. The average Bonchev–Trinajstić information content (AvgIpc) is 3.01. The first-order valence-corrected chi connectivity index (χ1v) is 9.01. The molecule has 1 unspecified atom stereocenters. The molecule has 1 saturated heterocycles. The van der Waals surface area contributed by atoms with E-state index in [9.17, 15) is 18.3 Å². The summed E-state index contributed by atoms with van der Waals surface area (Å²) in [5.41, 5.74) is -0.743. The van der Waals surface area contributed by atoms with Gasteiger partial charge in [-0.25, -0.2) is 0 Å². The van der Waals surface area contributed by atoms with Crippen LogP contribution in [0.5, 0.6) is 0 Å². The predicted octanol–water partition coefficient (Wildman–Crippen LogP) is 3.65. The number of anilines is 1. The number of nitrogens with zero attached hydrogens (tertiary/aromatic N) is 3. The van der Waals surface area contributed by atoms with Crippen LogP contribution in [-0.2, 0) is 12.7 Å². The van der Waals surface area contributed by atoms with Crippen molar-refractivity contribution in [3.05, 3.63) is 65.2 Å². The SMILES string of the molecule is CN(CC1(O)CCN(Cc2ccccc2)C1)c1cc(C#N)ccc1C(F)(F)F. The lowest BCUT2D eigenvalue weighted by molar-refractivity contribution is -0.137. The summed E-state index contributed by atoms with van der Waals surface area (Å²) in [6.45, 7) is 1.79. The van der Waals surface area contributed by atoms with Crippen LogP contribution in [0.2, 0.25) is 0 Å². The van der Waals surface area contributed by atoms with E-state index in [1.807, 2.05) is 36.4 Å². The summed E-state index contributed by atoms with van der Waals surface area (Å²) in [6, 6.07) is 15.0. The Morgan fingerprint density at radius 3 is 2.57 bits per heavy atom. The highest BCUT2D eigenvalue weighted by atomic mass is 19.4. The van der Waals surface area contributed by atoms with E-state index in [0.717, 1.165) is 17.7 Å². The topological polar surface area (TPSA) is 50.5 Å². The summed E-state index contributed by atoms with van der Waals surface area (Å²) in [5, 5.41) is 20.0. The molecule has 0 spiro atoms. The van der Waals surface area contributed by atoms with E-state index in [1.165, 1.54) is 18.0 Å². The molecule has 0 radical (unpaired) electrons. The molecule has 4 nitrogen and oxygen atoms in total. The maximum atomic E-state index is 13.4. The lowest BCUT2D eigenvalue weighted by Crippen LogP contribution is -2.44. The number of hydrogen-bond acceptors (Lipinski definition) is 4. The molecular weight excluding hydrogens is 367 g/mol. The molecule has 2 aromatic carbocycles. The van der Waals surface area contributed by atoms with E-state index in [1.54, 1.807) is 0 Å². The zero-order valence-corrected chi connectivity index (χ0v) is 15.6. The Balaban J connectivity index is 1.74. The Morgan fingerprint density at radius 2 is 1.93 bits per heavy atom. The molecule has 0 aromatic heterocycles. The van der Waals surface area contributed by atoms with Crippen molar-refractivity contribution in [1.82, 2.24) is 4.90 Å². The molecular formula is C21H22F3N3O. The molecule has 3 rings (SSSR count). The van der Waals surface area contributed by atoms with Gasteiger partial charge in [0.15, 0.2) is 0 Å². The molecule has 7 heteroatoms. The van der Waals surface area contributed by atoms with Crippen LogP contribution in [0.25, 0.3) is 0 Å². The van der Waals surface area contributed by atoms with Gasteiger partial charge in [-0.2, -0.15) is 18.4 Å². The van der Waals surface area contributed by atoms with E-state index in [2.05, 4.69) is 4.90 Å². The molecule has 2 aromatic rings. The summed E-state index contributed by atoms with van der Waals surface area (Å²) in [5.74, 6) is 0. The first-order chi connectivity index (χ1) is 13.2. The van der Waals surface area contributed by atoms with E-state index >= 15 is 0 Å². The number of nitriles is 1. The number of aliphatic hydroxyl groups is 1. The number of likely N-dealkylation sites (tertiary alicyclic amines) is 1. The molecule has 0 bridgehead atoms. The van der Waals surface area contributed by atoms with Gasteiger partial charge in [-0.1, -0.05) is 30.3 Å². The Hall–Kier alpha value is -2.56. The van der Waals surface area contributed by atoms with Crippen LogP contribution in [0.1, 0.15) is 23.1 Å². The number of hydrogen-bond donors (Lipinski definition) is 1. The Bertz CT molecular complexity index is 863. The Kier molecular flexibility index (Phi) is 5.64. The summed E-state index contributed by atoms with van der Waals surface area (Å²) >= 11 is 0. The number of benzene rings is 2. The fraction of sp³-hybridized carbons (Fsp3) is 0.381. The Labute approximate surface area is 162 Å². The number of β-amino-alcohol motifs (C(OH)–C–C–N with tert-alkyl or cyclic N) is 1. The first kappa shape index (κ1) is 20.2. The van der Waals surface area contributed by atoms with E-state index in [-0.39, 0.29) is 17.8 Å². The van der Waals surface area contributed by atoms with Gasteiger partial charge in [0.2, 0.25) is 0 Å². The smallest absolute Gasteiger partial charge is 0.387 e. The van der Waals surface area contributed by atoms with Crippen molar-refractivity contribution in [2.45, 2.75) is 24.7 Å². The average molecular weight is 389 g/mol. The van der Waals surface area contributed by atoms with Gasteiger partial charge >= 0.3 is 6.18 Å². The van der Waals surface area contributed by atoms with Crippen molar-refractivity contribution in [2.24, 2.45) is 0 Å². The minimum absolute atomic E-state index is 0.0518. The standard InChI is InChI=1S/C21H22F3N3O/c1-26(19-11-17(12-25)7-8-18(19)21(22,23)24)14-20(28)9-10-27(15-20)13-16-5-3-2-4-6-16/h2-8,11,28H,9-10,13-15H2,1H3. The second-order valence-corrected chi connectivity index (χ2v) is 7.37. The maximum Gasteiger partial charge on any atom is 0.418 e. The van der Waals surface area contributed by atoms with Gasteiger partial charge in [0.25, 0.3) is 0 Å². The molecule has 0 amide bonds. The fourth-order valence-electron chi connectivity index (χ4n) is 3.73. The summed E-state index contributed by atoms with van der Waals surface area (Å²) in [7, 11) is 1.52. The molecule has 0 aliphatic carbocycles. The number of halogens is 3. The highest BCUT2D eigenvalue weighted by molar-refractivity contribution is 5.58. The second-order valence-electron chi connectivity index (χ2n) is 7.37. The zero-order valence-electron chi connectivity index (χ0n) is 15.6. The highest BCUT2D eigenvalue weighted by Gasteiger charge is 2.39. The van der Waals surface area contributed by atoms with Gasteiger partial charge in [0.05, 0.1) is 28.5 Å². The largest absolute Gasteiger partial charge is 0.418 e. The number of alkyl halides is 3. The van der Waals surface area contributed by atoms with Crippen molar-refractivity contribution in [1.29, 1.82) is 5.26 Å². The van der Waals surface area contributed by atoms with Crippen LogP contribution < -0.4 is 4.90 Å². The van der Waals surface area contributed by atoms with Crippen molar-refractivity contribution in [2.75, 3.05) is 31.6 Å². The van der Waals surface area contributed by atoms with E-state index < -0.39 is 17.3 Å². The predicted molar refractivity (Wildman–Crippen MR) is 101 cm³/mol. The van der Waals surface area contributed by atoms with Gasteiger partial charge in [0, 0.05) is 33.2 Å². The second kappa shape index (κ2) is 7.82. The van der Waals surface area contributed by atoms with Crippen molar-refractivity contribution < 1.29 is 18.3 Å². The van der Waals surface area contributed by atoms with Crippen LogP contribution in [0, 0.1) is 11.3 Å². The van der Waals surface area contributed by atoms with Crippen LogP contribution in [-0.4, -0.2) is 42.3 Å². The van der Waals surface area contributed by atoms with E-state index in [0.29, 0.717) is 26.1 Å². The van der Waals surface area contributed by atoms with Gasteiger partial charge in [0.1, 0.15) is 0 Å². The summed E-state index contributed by atoms with van der Waals surface area (Å²) in [4.78, 5) is 3.50. The zero-order chi connectivity index (χ0) is 20.4. The number of likely N-dealkylation sites (N-methyl/N-ethyl adjacent to an activating group) is 1. The molecule has 1 aliphatic rings. The summed E-state index contributed by atoms with van der Waals surface area (Å²) < 4.78 is 40.1. The summed E-state index contributed by atoms with van der Waals surface area (Å²) in [6.07, 6.45) is -4.06. The Morgan fingerprint density at radius 1 is 1.21 bits per heavy atom. The van der Waals surface area contributed by atoms with Crippen molar-refractivity contribution in [3.8, 4) is 6.07 Å². The van der Waals surface area contributed by atoms with Gasteiger partial charge in [-0.15, -0.1) is 0 Å². The molecule has 28 heavy (non-hydrogen) atoms. The molecule has 148 valence electrons. The molecule has 0 saturated carbocycles.